The second-order valence-corrected chi connectivity index (χ2v) is 6.60. The molecule has 2 N–H and O–H groups in total. The standard InChI is InChI=1S/C18H14BrClO4/c1-8-13(19)5-10(6-14(8)20)17(23)16-12-4-3-11(22)7-15(12)24-18(16)9(2)21/h3-7,9,21-22H,1-2H3/i3D,4D,7D. The molecular formula is C18H14BrClO4. The number of phenols is 1. The third kappa shape index (κ3) is 2.83. The van der Waals surface area contributed by atoms with Gasteiger partial charge in [0.1, 0.15) is 23.2 Å². The van der Waals surface area contributed by atoms with Gasteiger partial charge in [-0.05, 0) is 43.6 Å². The van der Waals surface area contributed by atoms with Gasteiger partial charge in [-0.15, -0.1) is 0 Å². The van der Waals surface area contributed by atoms with E-state index in [1.807, 2.05) is 0 Å². The van der Waals surface area contributed by atoms with Gasteiger partial charge in [0.2, 0.25) is 0 Å². The molecule has 0 saturated carbocycles. The van der Waals surface area contributed by atoms with Gasteiger partial charge in [-0.1, -0.05) is 27.5 Å². The van der Waals surface area contributed by atoms with Crippen molar-refractivity contribution < 1.29 is 23.5 Å². The molecule has 0 spiro atoms. The van der Waals surface area contributed by atoms with Crippen molar-refractivity contribution in [2.75, 3.05) is 0 Å². The van der Waals surface area contributed by atoms with E-state index in [-0.39, 0.29) is 27.9 Å². The van der Waals surface area contributed by atoms with Crippen LogP contribution in [-0.4, -0.2) is 16.0 Å². The fourth-order valence-electron chi connectivity index (χ4n) is 2.36. The minimum Gasteiger partial charge on any atom is -0.508 e. The monoisotopic (exact) mass is 411 g/mol. The number of rotatable bonds is 3. The lowest BCUT2D eigenvalue weighted by Crippen LogP contribution is -2.06. The molecule has 0 aliphatic rings. The number of carbonyl (C=O) groups excluding carboxylic acids is 1. The van der Waals surface area contributed by atoms with Crippen LogP contribution in [0.3, 0.4) is 0 Å². The summed E-state index contributed by atoms with van der Waals surface area (Å²) in [5.41, 5.74) is 0.575. The van der Waals surface area contributed by atoms with Gasteiger partial charge >= 0.3 is 0 Å². The fraction of sp³-hybridized carbons (Fsp3) is 0.167. The number of fused-ring (bicyclic) bond motifs is 1. The maximum atomic E-state index is 13.2. The van der Waals surface area contributed by atoms with Gasteiger partial charge in [0.25, 0.3) is 0 Å². The summed E-state index contributed by atoms with van der Waals surface area (Å²) >= 11 is 9.50. The third-order valence-corrected chi connectivity index (χ3v) is 4.84. The van der Waals surface area contributed by atoms with E-state index < -0.39 is 35.8 Å². The molecular weight excluding hydrogens is 396 g/mol. The highest BCUT2D eigenvalue weighted by Gasteiger charge is 2.25. The molecule has 1 heterocycles. The highest BCUT2D eigenvalue weighted by Crippen LogP contribution is 2.35. The van der Waals surface area contributed by atoms with Gasteiger partial charge in [-0.25, -0.2) is 0 Å². The van der Waals surface area contributed by atoms with E-state index >= 15 is 0 Å². The Morgan fingerprint density at radius 3 is 2.75 bits per heavy atom. The molecule has 24 heavy (non-hydrogen) atoms. The SMILES string of the molecule is [2H]c1c(O)c([2H])c2oc(C(C)O)c(C(=O)c3cc(Cl)c(C)c(Br)c3)c2c1[2H]. The summed E-state index contributed by atoms with van der Waals surface area (Å²) in [5.74, 6) is -1.45. The van der Waals surface area contributed by atoms with Crippen molar-refractivity contribution >= 4 is 44.3 Å². The van der Waals surface area contributed by atoms with E-state index in [1.54, 1.807) is 13.0 Å². The van der Waals surface area contributed by atoms with Crippen molar-refractivity contribution in [3.63, 3.8) is 0 Å². The van der Waals surface area contributed by atoms with E-state index in [2.05, 4.69) is 15.9 Å². The average Bonchev–Trinajstić information content (AvgIpc) is 3.02. The Balaban J connectivity index is 2.40. The first-order valence-corrected chi connectivity index (χ1v) is 8.16. The van der Waals surface area contributed by atoms with E-state index in [9.17, 15) is 15.0 Å². The molecule has 6 heteroatoms. The number of aliphatic hydroxyl groups is 1. The van der Waals surface area contributed by atoms with Gasteiger partial charge < -0.3 is 14.6 Å². The topological polar surface area (TPSA) is 70.7 Å². The number of hydrogen-bond acceptors (Lipinski definition) is 4. The Morgan fingerprint density at radius 1 is 1.42 bits per heavy atom. The zero-order valence-electron chi connectivity index (χ0n) is 15.7. The van der Waals surface area contributed by atoms with Crippen LogP contribution in [0, 0.1) is 6.92 Å². The second kappa shape index (κ2) is 6.24. The normalized spacial score (nSPS) is 14.3. The maximum absolute atomic E-state index is 13.2. The van der Waals surface area contributed by atoms with E-state index in [0.717, 1.165) is 5.56 Å². The van der Waals surface area contributed by atoms with Crippen LogP contribution in [0.2, 0.25) is 5.02 Å². The summed E-state index contributed by atoms with van der Waals surface area (Å²) in [6.07, 6.45) is -1.21. The van der Waals surface area contributed by atoms with E-state index in [1.165, 1.54) is 13.0 Å². The number of ketones is 1. The summed E-state index contributed by atoms with van der Waals surface area (Å²) in [6, 6.07) is 1.44. The van der Waals surface area contributed by atoms with Crippen molar-refractivity contribution in [2.24, 2.45) is 0 Å². The molecule has 0 fully saturated rings. The molecule has 0 bridgehead atoms. The van der Waals surface area contributed by atoms with Crippen molar-refractivity contribution in [2.45, 2.75) is 20.0 Å². The van der Waals surface area contributed by atoms with Crippen LogP contribution in [0.5, 0.6) is 5.75 Å². The predicted molar refractivity (Wildman–Crippen MR) is 95.8 cm³/mol. The highest BCUT2D eigenvalue weighted by molar-refractivity contribution is 9.10. The van der Waals surface area contributed by atoms with Crippen LogP contribution in [0.4, 0.5) is 0 Å². The van der Waals surface area contributed by atoms with Crippen LogP contribution >= 0.6 is 27.5 Å². The quantitative estimate of drug-likeness (QED) is 0.584. The molecule has 0 aliphatic carbocycles. The summed E-state index contributed by atoms with van der Waals surface area (Å²) in [5, 5.41) is 20.2. The molecule has 0 aliphatic heterocycles. The molecule has 1 unspecified atom stereocenters. The Hall–Kier alpha value is -1.82. The Bertz CT molecular complexity index is 1090. The van der Waals surface area contributed by atoms with Gasteiger partial charge in [0.05, 0.1) is 9.68 Å². The van der Waals surface area contributed by atoms with E-state index in [0.29, 0.717) is 9.50 Å². The number of halogens is 2. The Morgan fingerprint density at radius 2 is 2.12 bits per heavy atom. The summed E-state index contributed by atoms with van der Waals surface area (Å²) in [6.45, 7) is 3.15. The molecule has 1 aromatic heterocycles. The van der Waals surface area contributed by atoms with Gasteiger partial charge in [0.15, 0.2) is 5.78 Å². The van der Waals surface area contributed by atoms with Crippen molar-refractivity contribution in [1.29, 1.82) is 0 Å². The first-order valence-electron chi connectivity index (χ1n) is 8.49. The van der Waals surface area contributed by atoms with Crippen molar-refractivity contribution in [3.8, 4) is 5.75 Å². The number of benzene rings is 2. The highest BCUT2D eigenvalue weighted by atomic mass is 79.9. The van der Waals surface area contributed by atoms with E-state index in [4.69, 9.17) is 20.1 Å². The van der Waals surface area contributed by atoms with Crippen LogP contribution < -0.4 is 0 Å². The summed E-state index contributed by atoms with van der Waals surface area (Å²) < 4.78 is 30.0. The lowest BCUT2D eigenvalue weighted by molar-refractivity contribution is 0.102. The van der Waals surface area contributed by atoms with Crippen molar-refractivity contribution in [3.05, 3.63) is 62.2 Å². The molecule has 124 valence electrons. The minimum atomic E-state index is -1.21. The minimum absolute atomic E-state index is 0.100. The molecule has 0 radical (unpaired) electrons. The number of aliphatic hydroxyl groups excluding tert-OH is 1. The fourth-order valence-corrected chi connectivity index (χ4v) is 3.15. The van der Waals surface area contributed by atoms with Crippen molar-refractivity contribution in [1.82, 2.24) is 0 Å². The third-order valence-electron chi connectivity index (χ3n) is 3.62. The number of phenolic OH excluding ortho intramolecular Hbond substituents is 1. The first-order chi connectivity index (χ1) is 12.6. The van der Waals surface area contributed by atoms with Crippen LogP contribution in [0.25, 0.3) is 11.0 Å². The zero-order valence-corrected chi connectivity index (χ0v) is 15.0. The number of hydrogen-bond donors (Lipinski definition) is 2. The largest absolute Gasteiger partial charge is 0.508 e. The summed E-state index contributed by atoms with van der Waals surface area (Å²) in [7, 11) is 0. The van der Waals surface area contributed by atoms with Crippen LogP contribution in [0.1, 0.15) is 44.4 Å². The van der Waals surface area contributed by atoms with Gasteiger partial charge in [0, 0.05) is 26.5 Å². The molecule has 4 nitrogen and oxygen atoms in total. The predicted octanol–water partition coefficient (Wildman–Crippen LogP) is 5.15. The molecule has 3 rings (SSSR count). The smallest absolute Gasteiger partial charge is 0.197 e. The van der Waals surface area contributed by atoms with Crippen LogP contribution in [0.15, 0.2) is 39.1 Å². The average molecular weight is 413 g/mol. The Kier molecular flexibility index (Phi) is 3.50. The second-order valence-electron chi connectivity index (χ2n) is 5.34. The molecule has 0 amide bonds. The summed E-state index contributed by atoms with van der Waals surface area (Å²) in [4.78, 5) is 13.2. The zero-order chi connectivity index (χ0) is 20.2. The molecule has 3 aromatic rings. The lowest BCUT2D eigenvalue weighted by Gasteiger charge is -2.08. The molecule has 0 saturated heterocycles. The first kappa shape index (κ1) is 13.5. The van der Waals surface area contributed by atoms with Gasteiger partial charge in [-0.3, -0.25) is 4.79 Å². The maximum Gasteiger partial charge on any atom is 0.197 e. The number of furan rings is 1. The Labute approximate surface area is 156 Å². The van der Waals surface area contributed by atoms with Gasteiger partial charge in [-0.2, -0.15) is 0 Å². The number of carbonyl (C=O) groups is 1. The lowest BCUT2D eigenvalue weighted by atomic mass is 9.98. The molecule has 2 aromatic carbocycles. The number of aromatic hydroxyl groups is 1. The van der Waals surface area contributed by atoms with Crippen LogP contribution in [-0.2, 0) is 0 Å². The molecule has 1 atom stereocenters.